The van der Waals surface area contributed by atoms with Crippen LogP contribution in [0.15, 0.2) is 30.4 Å². The lowest BCUT2D eigenvalue weighted by Crippen LogP contribution is -2.44. The summed E-state index contributed by atoms with van der Waals surface area (Å²) in [6.07, 6.45) is 6.60. The second-order valence-electron chi connectivity index (χ2n) is 4.97. The molecule has 2 nitrogen and oxygen atoms in total. The Balaban J connectivity index is 1.69. The van der Waals surface area contributed by atoms with Gasteiger partial charge in [0.1, 0.15) is 17.7 Å². The zero-order valence-electron chi connectivity index (χ0n) is 10.1. The highest BCUT2D eigenvalue weighted by molar-refractivity contribution is 6.30. The van der Waals surface area contributed by atoms with E-state index in [0.29, 0.717) is 17.8 Å². The van der Waals surface area contributed by atoms with Crippen molar-refractivity contribution in [3.8, 4) is 5.75 Å². The number of rotatable bonds is 2. The van der Waals surface area contributed by atoms with Crippen molar-refractivity contribution in [3.05, 3.63) is 41.2 Å². The Morgan fingerprint density at radius 1 is 1.28 bits per heavy atom. The molecule has 18 heavy (non-hydrogen) atoms. The second kappa shape index (κ2) is 4.56. The fourth-order valence-corrected chi connectivity index (χ4v) is 2.91. The summed E-state index contributed by atoms with van der Waals surface area (Å²) in [6, 6.07) is 5.45. The molecule has 96 valence electrons. The van der Waals surface area contributed by atoms with Crippen LogP contribution in [0.25, 0.3) is 0 Å². The van der Waals surface area contributed by atoms with Crippen molar-refractivity contribution < 1.29 is 9.13 Å². The van der Waals surface area contributed by atoms with E-state index in [-0.39, 0.29) is 11.1 Å². The maximum atomic E-state index is 13.1. The number of hydrogen-bond donors (Lipinski definition) is 0. The van der Waals surface area contributed by atoms with Gasteiger partial charge in [0.15, 0.2) is 0 Å². The van der Waals surface area contributed by atoms with Gasteiger partial charge in [0.2, 0.25) is 0 Å². The lowest BCUT2D eigenvalue weighted by atomic mass is 9.99. The van der Waals surface area contributed by atoms with Crippen LogP contribution in [0.3, 0.4) is 0 Å². The molecule has 0 N–H and O–H groups in total. The molecule has 0 aliphatic carbocycles. The van der Waals surface area contributed by atoms with Crippen LogP contribution in [-0.4, -0.2) is 30.1 Å². The Labute approximate surface area is 111 Å². The molecule has 0 radical (unpaired) electrons. The monoisotopic (exact) mass is 267 g/mol. The van der Waals surface area contributed by atoms with Crippen LogP contribution in [0.4, 0.5) is 4.39 Å². The van der Waals surface area contributed by atoms with Gasteiger partial charge in [0.25, 0.3) is 0 Å². The summed E-state index contributed by atoms with van der Waals surface area (Å²) >= 11 is 5.75. The van der Waals surface area contributed by atoms with Crippen molar-refractivity contribution in [2.75, 3.05) is 7.05 Å². The number of benzene rings is 1. The largest absolute Gasteiger partial charge is 0.490 e. The van der Waals surface area contributed by atoms with Crippen LogP contribution in [-0.2, 0) is 0 Å². The molecule has 2 heterocycles. The van der Waals surface area contributed by atoms with Crippen LogP contribution >= 0.6 is 11.6 Å². The number of fused-ring (bicyclic) bond motifs is 2. The molecule has 1 aromatic rings. The predicted octanol–water partition coefficient (Wildman–Crippen LogP) is 3.26. The zero-order chi connectivity index (χ0) is 12.7. The summed E-state index contributed by atoms with van der Waals surface area (Å²) in [6.45, 7) is 0. The summed E-state index contributed by atoms with van der Waals surface area (Å²) in [7, 11) is 2.14. The summed E-state index contributed by atoms with van der Waals surface area (Å²) in [4.78, 5) is 2.36. The van der Waals surface area contributed by atoms with E-state index in [1.807, 2.05) is 0 Å². The molecule has 1 fully saturated rings. The standard InChI is InChI=1S/C14H15ClFNO/c1-17-9-2-3-10(17)7-12(6-9)18-11-4-5-14(16)13(15)8-11/h2-5,8-10,12H,6-7H2,1H3. The highest BCUT2D eigenvalue weighted by Gasteiger charge is 2.35. The van der Waals surface area contributed by atoms with Gasteiger partial charge in [-0.2, -0.15) is 0 Å². The molecule has 2 bridgehead atoms. The van der Waals surface area contributed by atoms with Crippen LogP contribution in [0.2, 0.25) is 5.02 Å². The van der Waals surface area contributed by atoms with E-state index in [1.165, 1.54) is 6.07 Å². The van der Waals surface area contributed by atoms with Crippen molar-refractivity contribution in [3.63, 3.8) is 0 Å². The third-order valence-corrected chi connectivity index (χ3v) is 4.09. The minimum absolute atomic E-state index is 0.113. The van der Waals surface area contributed by atoms with Crippen molar-refractivity contribution in [2.24, 2.45) is 0 Å². The highest BCUT2D eigenvalue weighted by Crippen LogP contribution is 2.32. The molecule has 2 unspecified atom stereocenters. The third-order valence-electron chi connectivity index (χ3n) is 3.80. The smallest absolute Gasteiger partial charge is 0.142 e. The molecular weight excluding hydrogens is 253 g/mol. The van der Waals surface area contributed by atoms with Gasteiger partial charge in [-0.3, -0.25) is 4.90 Å². The summed E-state index contributed by atoms with van der Waals surface area (Å²) in [5, 5.41) is 0.113. The third kappa shape index (κ3) is 2.13. The lowest BCUT2D eigenvalue weighted by Gasteiger charge is -2.36. The summed E-state index contributed by atoms with van der Waals surface area (Å²) < 4.78 is 19.0. The maximum absolute atomic E-state index is 13.1. The lowest BCUT2D eigenvalue weighted by molar-refractivity contribution is 0.0751. The molecule has 3 rings (SSSR count). The average molecular weight is 268 g/mol. The first-order chi connectivity index (χ1) is 8.63. The highest BCUT2D eigenvalue weighted by atomic mass is 35.5. The SMILES string of the molecule is CN1C2C=CC1CC(Oc1ccc(F)c(Cl)c1)C2. The fourth-order valence-electron chi connectivity index (χ4n) is 2.74. The van der Waals surface area contributed by atoms with Crippen LogP contribution in [0.1, 0.15) is 12.8 Å². The van der Waals surface area contributed by atoms with Gasteiger partial charge in [-0.15, -0.1) is 0 Å². The number of ether oxygens (including phenoxy) is 1. The summed E-state index contributed by atoms with van der Waals surface area (Å²) in [5.41, 5.74) is 0. The Morgan fingerprint density at radius 2 is 1.94 bits per heavy atom. The van der Waals surface area contributed by atoms with Crippen molar-refractivity contribution in [1.82, 2.24) is 4.90 Å². The van der Waals surface area contributed by atoms with E-state index >= 15 is 0 Å². The molecular formula is C14H15ClFNO. The molecule has 0 saturated carbocycles. The van der Waals surface area contributed by atoms with Gasteiger partial charge >= 0.3 is 0 Å². The van der Waals surface area contributed by atoms with Crippen molar-refractivity contribution in [1.29, 1.82) is 0 Å². The number of likely N-dealkylation sites (N-methyl/N-ethyl adjacent to an activating group) is 1. The maximum Gasteiger partial charge on any atom is 0.142 e. The van der Waals surface area contributed by atoms with Gasteiger partial charge in [0.05, 0.1) is 5.02 Å². The Bertz CT molecular complexity index is 475. The van der Waals surface area contributed by atoms with Crippen molar-refractivity contribution in [2.45, 2.75) is 31.0 Å². The van der Waals surface area contributed by atoms with E-state index in [0.717, 1.165) is 12.8 Å². The first-order valence-electron chi connectivity index (χ1n) is 6.15. The number of hydrogen-bond acceptors (Lipinski definition) is 2. The summed E-state index contributed by atoms with van der Waals surface area (Å²) in [5.74, 6) is 0.240. The molecule has 0 spiro atoms. The van der Waals surface area contributed by atoms with Crippen LogP contribution in [0.5, 0.6) is 5.75 Å². The van der Waals surface area contributed by atoms with E-state index in [2.05, 4.69) is 24.1 Å². The van der Waals surface area contributed by atoms with Crippen LogP contribution < -0.4 is 4.74 Å². The minimum atomic E-state index is -0.408. The fraction of sp³-hybridized carbons (Fsp3) is 0.429. The first-order valence-corrected chi connectivity index (χ1v) is 6.53. The molecule has 1 aromatic carbocycles. The quantitative estimate of drug-likeness (QED) is 0.763. The first kappa shape index (κ1) is 12.0. The van der Waals surface area contributed by atoms with Crippen molar-refractivity contribution >= 4 is 11.6 Å². The molecule has 1 saturated heterocycles. The van der Waals surface area contributed by atoms with E-state index in [9.17, 15) is 4.39 Å². The zero-order valence-corrected chi connectivity index (χ0v) is 10.9. The number of halogens is 2. The molecule has 2 atom stereocenters. The van der Waals surface area contributed by atoms with Gasteiger partial charge in [-0.1, -0.05) is 23.8 Å². The topological polar surface area (TPSA) is 12.5 Å². The second-order valence-corrected chi connectivity index (χ2v) is 5.38. The molecule has 4 heteroatoms. The van der Waals surface area contributed by atoms with Gasteiger partial charge in [-0.25, -0.2) is 4.39 Å². The molecule has 2 aliphatic rings. The minimum Gasteiger partial charge on any atom is -0.490 e. The number of piperidine rings is 1. The van der Waals surface area contributed by atoms with E-state index in [1.54, 1.807) is 12.1 Å². The van der Waals surface area contributed by atoms with E-state index < -0.39 is 5.82 Å². The van der Waals surface area contributed by atoms with Gasteiger partial charge in [-0.05, 0) is 19.2 Å². The molecule has 0 aromatic heterocycles. The van der Waals surface area contributed by atoms with Gasteiger partial charge in [0, 0.05) is 31.0 Å². The van der Waals surface area contributed by atoms with Gasteiger partial charge < -0.3 is 4.74 Å². The van der Waals surface area contributed by atoms with Crippen LogP contribution in [0, 0.1) is 5.82 Å². The molecule has 2 aliphatic heterocycles. The predicted molar refractivity (Wildman–Crippen MR) is 69.5 cm³/mol. The Hall–Kier alpha value is -1.06. The molecule has 0 amide bonds. The Morgan fingerprint density at radius 3 is 2.56 bits per heavy atom. The van der Waals surface area contributed by atoms with E-state index in [4.69, 9.17) is 16.3 Å². The normalized spacial score (nSPS) is 30.7. The average Bonchev–Trinajstić information content (AvgIpc) is 2.58. The number of nitrogens with zero attached hydrogens (tertiary/aromatic N) is 1. The Kier molecular flexibility index (Phi) is 3.04.